The van der Waals surface area contributed by atoms with Crippen molar-refractivity contribution in [2.75, 3.05) is 7.11 Å². The van der Waals surface area contributed by atoms with Gasteiger partial charge in [-0.3, -0.25) is 4.79 Å². The van der Waals surface area contributed by atoms with Crippen LogP contribution in [0.2, 0.25) is 0 Å². The molecule has 0 fully saturated rings. The number of thiazole rings is 1. The molecular formula is C16H19NO2S. The lowest BCUT2D eigenvalue weighted by atomic mass is 10.1. The summed E-state index contributed by atoms with van der Waals surface area (Å²) in [6, 6.07) is 7.96. The molecule has 0 spiro atoms. The van der Waals surface area contributed by atoms with E-state index < -0.39 is 0 Å². The number of hydrogen-bond acceptors (Lipinski definition) is 4. The first kappa shape index (κ1) is 14.7. The minimum absolute atomic E-state index is 0.118. The summed E-state index contributed by atoms with van der Waals surface area (Å²) in [6.07, 6.45) is 2.64. The quantitative estimate of drug-likeness (QED) is 0.757. The molecule has 0 radical (unpaired) electrons. The van der Waals surface area contributed by atoms with Crippen LogP contribution in [0.1, 0.15) is 46.2 Å². The first-order valence-electron chi connectivity index (χ1n) is 6.76. The summed E-state index contributed by atoms with van der Waals surface area (Å²) in [5, 5.41) is 1.00. The maximum atomic E-state index is 11.6. The van der Waals surface area contributed by atoms with Crippen molar-refractivity contribution in [3.8, 4) is 5.75 Å². The Kier molecular flexibility index (Phi) is 4.90. The smallest absolute Gasteiger partial charge is 0.171 e. The number of carbonyl (C=O) groups excluding carboxylic acids is 1. The molecule has 0 amide bonds. The molecule has 0 atom stereocenters. The summed E-state index contributed by atoms with van der Waals surface area (Å²) in [7, 11) is 1.66. The van der Waals surface area contributed by atoms with Crippen molar-refractivity contribution in [3.63, 3.8) is 0 Å². The summed E-state index contributed by atoms with van der Waals surface area (Å²) in [5.41, 5.74) is 2.13. The van der Waals surface area contributed by atoms with Crippen LogP contribution in [0.3, 0.4) is 0 Å². The van der Waals surface area contributed by atoms with Crippen molar-refractivity contribution in [2.24, 2.45) is 0 Å². The molecule has 0 saturated heterocycles. The van der Waals surface area contributed by atoms with Gasteiger partial charge in [0.25, 0.3) is 0 Å². The standard InChI is InChI=1S/C16H19NO2S/c1-4-5-14-16(11(2)18)20-15(17-14)10-12-6-8-13(19-3)9-7-12/h6-9H,4-5,10H2,1-3H3. The number of methoxy groups -OCH3 is 1. The molecule has 1 aromatic heterocycles. The molecule has 4 heteroatoms. The molecule has 0 aliphatic rings. The second-order valence-electron chi connectivity index (χ2n) is 4.71. The van der Waals surface area contributed by atoms with Crippen LogP contribution in [0.5, 0.6) is 5.75 Å². The molecule has 2 aromatic rings. The van der Waals surface area contributed by atoms with Gasteiger partial charge in [-0.1, -0.05) is 25.5 Å². The maximum Gasteiger partial charge on any atom is 0.171 e. The van der Waals surface area contributed by atoms with E-state index in [2.05, 4.69) is 11.9 Å². The van der Waals surface area contributed by atoms with Crippen LogP contribution < -0.4 is 4.74 Å². The summed E-state index contributed by atoms with van der Waals surface area (Å²) < 4.78 is 5.15. The SMILES string of the molecule is CCCc1nc(Cc2ccc(OC)cc2)sc1C(C)=O. The van der Waals surface area contributed by atoms with E-state index in [-0.39, 0.29) is 5.78 Å². The van der Waals surface area contributed by atoms with E-state index in [0.29, 0.717) is 0 Å². The van der Waals surface area contributed by atoms with E-state index in [0.717, 1.165) is 40.6 Å². The molecule has 0 unspecified atom stereocenters. The van der Waals surface area contributed by atoms with Crippen molar-refractivity contribution < 1.29 is 9.53 Å². The van der Waals surface area contributed by atoms with Gasteiger partial charge < -0.3 is 4.74 Å². The fraction of sp³-hybridized carbons (Fsp3) is 0.375. The first-order chi connectivity index (χ1) is 9.63. The lowest BCUT2D eigenvalue weighted by molar-refractivity contribution is 0.102. The molecule has 0 N–H and O–H groups in total. The van der Waals surface area contributed by atoms with Crippen LogP contribution in [-0.4, -0.2) is 17.9 Å². The van der Waals surface area contributed by atoms with Gasteiger partial charge in [0.2, 0.25) is 0 Å². The minimum atomic E-state index is 0.118. The zero-order chi connectivity index (χ0) is 14.5. The Labute approximate surface area is 123 Å². The van der Waals surface area contributed by atoms with Gasteiger partial charge in [-0.05, 0) is 24.1 Å². The van der Waals surface area contributed by atoms with E-state index in [1.807, 2.05) is 24.3 Å². The molecule has 2 rings (SSSR count). The Hall–Kier alpha value is -1.68. The predicted molar refractivity (Wildman–Crippen MR) is 81.9 cm³/mol. The molecule has 106 valence electrons. The average Bonchev–Trinajstić information content (AvgIpc) is 2.83. The topological polar surface area (TPSA) is 39.2 Å². The van der Waals surface area contributed by atoms with Crippen LogP contribution in [0.4, 0.5) is 0 Å². The summed E-state index contributed by atoms with van der Waals surface area (Å²) in [5.74, 6) is 0.968. The Morgan fingerprint density at radius 2 is 2.00 bits per heavy atom. The average molecular weight is 289 g/mol. The van der Waals surface area contributed by atoms with Crippen LogP contribution >= 0.6 is 11.3 Å². The van der Waals surface area contributed by atoms with Crippen molar-refractivity contribution in [1.29, 1.82) is 0 Å². The maximum absolute atomic E-state index is 11.6. The van der Waals surface area contributed by atoms with Gasteiger partial charge in [0, 0.05) is 13.3 Å². The fourth-order valence-corrected chi connectivity index (χ4v) is 3.12. The van der Waals surface area contributed by atoms with Gasteiger partial charge in [-0.25, -0.2) is 4.98 Å². The van der Waals surface area contributed by atoms with E-state index >= 15 is 0 Å². The van der Waals surface area contributed by atoms with Gasteiger partial charge in [0.15, 0.2) is 5.78 Å². The van der Waals surface area contributed by atoms with Gasteiger partial charge in [-0.15, -0.1) is 11.3 Å². The molecule has 1 heterocycles. The summed E-state index contributed by atoms with van der Waals surface area (Å²) >= 11 is 1.52. The number of ether oxygens (including phenoxy) is 1. The van der Waals surface area contributed by atoms with Crippen molar-refractivity contribution in [2.45, 2.75) is 33.1 Å². The number of nitrogens with zero attached hydrogens (tertiary/aromatic N) is 1. The number of ketones is 1. The molecule has 0 saturated carbocycles. The largest absolute Gasteiger partial charge is 0.497 e. The third kappa shape index (κ3) is 3.45. The Bertz CT molecular complexity index is 587. The molecule has 0 aliphatic heterocycles. The van der Waals surface area contributed by atoms with Crippen molar-refractivity contribution in [1.82, 2.24) is 4.98 Å². The van der Waals surface area contributed by atoms with Crippen LogP contribution in [0, 0.1) is 0 Å². The summed E-state index contributed by atoms with van der Waals surface area (Å²) in [4.78, 5) is 17.1. The normalized spacial score (nSPS) is 10.6. The highest BCUT2D eigenvalue weighted by Crippen LogP contribution is 2.23. The van der Waals surface area contributed by atoms with Gasteiger partial charge in [0.05, 0.1) is 22.7 Å². The molecule has 0 bridgehead atoms. The van der Waals surface area contributed by atoms with Gasteiger partial charge >= 0.3 is 0 Å². The van der Waals surface area contributed by atoms with Crippen LogP contribution in [0.15, 0.2) is 24.3 Å². The monoisotopic (exact) mass is 289 g/mol. The Balaban J connectivity index is 2.19. The number of hydrogen-bond donors (Lipinski definition) is 0. The molecule has 3 nitrogen and oxygen atoms in total. The second kappa shape index (κ2) is 6.66. The van der Waals surface area contributed by atoms with Crippen molar-refractivity contribution >= 4 is 17.1 Å². The minimum Gasteiger partial charge on any atom is -0.497 e. The predicted octanol–water partition coefficient (Wildman–Crippen LogP) is 3.90. The first-order valence-corrected chi connectivity index (χ1v) is 7.58. The number of Topliss-reactive ketones (excluding diaryl/α,β-unsaturated/α-hetero) is 1. The van der Waals surface area contributed by atoms with E-state index in [9.17, 15) is 4.79 Å². The highest BCUT2D eigenvalue weighted by Gasteiger charge is 2.14. The van der Waals surface area contributed by atoms with Crippen molar-refractivity contribution in [3.05, 3.63) is 45.4 Å². The number of aromatic nitrogens is 1. The number of benzene rings is 1. The van der Waals surface area contributed by atoms with E-state index in [1.165, 1.54) is 16.9 Å². The molecular weight excluding hydrogens is 270 g/mol. The Morgan fingerprint density at radius 1 is 1.30 bits per heavy atom. The summed E-state index contributed by atoms with van der Waals surface area (Å²) in [6.45, 7) is 3.72. The number of rotatable bonds is 6. The fourth-order valence-electron chi connectivity index (χ4n) is 2.08. The number of aryl methyl sites for hydroxylation is 1. The van der Waals surface area contributed by atoms with Gasteiger partial charge in [0.1, 0.15) is 5.75 Å². The third-order valence-electron chi connectivity index (χ3n) is 3.06. The van der Waals surface area contributed by atoms with Gasteiger partial charge in [-0.2, -0.15) is 0 Å². The molecule has 1 aromatic carbocycles. The highest BCUT2D eigenvalue weighted by atomic mass is 32.1. The lowest BCUT2D eigenvalue weighted by Crippen LogP contribution is -1.95. The second-order valence-corrected chi connectivity index (χ2v) is 5.80. The third-order valence-corrected chi connectivity index (χ3v) is 4.26. The molecule has 20 heavy (non-hydrogen) atoms. The van der Waals surface area contributed by atoms with E-state index in [1.54, 1.807) is 14.0 Å². The zero-order valence-electron chi connectivity index (χ0n) is 12.1. The van der Waals surface area contributed by atoms with Crippen LogP contribution in [-0.2, 0) is 12.8 Å². The molecule has 0 aliphatic carbocycles. The lowest BCUT2D eigenvalue weighted by Gasteiger charge is -2.01. The van der Waals surface area contributed by atoms with Crippen LogP contribution in [0.25, 0.3) is 0 Å². The van der Waals surface area contributed by atoms with E-state index in [4.69, 9.17) is 4.74 Å². The number of carbonyl (C=O) groups is 1. The Morgan fingerprint density at radius 3 is 2.55 bits per heavy atom. The highest BCUT2D eigenvalue weighted by molar-refractivity contribution is 7.13. The zero-order valence-corrected chi connectivity index (χ0v) is 12.9.